The summed E-state index contributed by atoms with van der Waals surface area (Å²) in [6.07, 6.45) is 0. The van der Waals surface area contributed by atoms with Crippen molar-refractivity contribution in [2.45, 2.75) is 53.0 Å². The highest BCUT2D eigenvalue weighted by atomic mass is 14.7. The van der Waals surface area contributed by atoms with Crippen molar-refractivity contribution in [1.82, 2.24) is 4.98 Å². The molecular weight excluding hydrogens is 232 g/mol. The van der Waals surface area contributed by atoms with Crippen molar-refractivity contribution >= 4 is 10.9 Å². The summed E-state index contributed by atoms with van der Waals surface area (Å²) in [4.78, 5) is 4.89. The van der Waals surface area contributed by atoms with Crippen LogP contribution in [-0.4, -0.2) is 4.98 Å². The minimum Gasteiger partial charge on any atom is -0.324 e. The first-order valence-corrected chi connectivity index (χ1v) is 6.88. The summed E-state index contributed by atoms with van der Waals surface area (Å²) in [6.45, 7) is 12.9. The zero-order chi connectivity index (χ0) is 14.4. The molecule has 2 heteroatoms. The molecule has 0 aliphatic carbocycles. The lowest BCUT2D eigenvalue weighted by molar-refractivity contribution is 0.569. The van der Waals surface area contributed by atoms with E-state index < -0.39 is 0 Å². The largest absolute Gasteiger partial charge is 0.324 e. The highest BCUT2D eigenvalue weighted by Gasteiger charge is 2.19. The Balaban J connectivity index is 2.88. The Morgan fingerprint density at radius 1 is 1.16 bits per heavy atom. The van der Waals surface area contributed by atoms with Crippen molar-refractivity contribution in [2.24, 2.45) is 5.73 Å². The molecular formula is C17H24N2. The highest BCUT2D eigenvalue weighted by molar-refractivity contribution is 5.86. The molecule has 1 heterocycles. The molecule has 0 fully saturated rings. The van der Waals surface area contributed by atoms with Crippen LogP contribution in [0.4, 0.5) is 0 Å². The molecule has 0 bridgehead atoms. The van der Waals surface area contributed by atoms with E-state index in [0.29, 0.717) is 0 Å². The first kappa shape index (κ1) is 14.0. The van der Waals surface area contributed by atoms with Crippen molar-refractivity contribution < 1.29 is 0 Å². The van der Waals surface area contributed by atoms with E-state index in [9.17, 15) is 0 Å². The lowest BCUT2D eigenvalue weighted by Crippen LogP contribution is -2.16. The zero-order valence-corrected chi connectivity index (χ0v) is 12.8. The molecule has 0 saturated carbocycles. The minimum absolute atomic E-state index is 0.0220. The van der Waals surface area contributed by atoms with Gasteiger partial charge in [0.15, 0.2) is 0 Å². The number of fused-ring (bicyclic) bond motifs is 1. The Morgan fingerprint density at radius 3 is 2.32 bits per heavy atom. The molecule has 2 aromatic rings. The van der Waals surface area contributed by atoms with Gasteiger partial charge in [-0.1, -0.05) is 32.9 Å². The Morgan fingerprint density at radius 2 is 1.79 bits per heavy atom. The summed E-state index contributed by atoms with van der Waals surface area (Å²) in [5.74, 6) is 0. The van der Waals surface area contributed by atoms with Crippen LogP contribution in [0, 0.1) is 13.8 Å². The number of hydrogen-bond acceptors (Lipinski definition) is 2. The van der Waals surface area contributed by atoms with Crippen molar-refractivity contribution in [2.75, 3.05) is 0 Å². The molecule has 2 rings (SSSR count). The fraction of sp³-hybridized carbons (Fsp3) is 0.471. The lowest BCUT2D eigenvalue weighted by atomic mass is 9.88. The van der Waals surface area contributed by atoms with Crippen molar-refractivity contribution in [3.05, 3.63) is 40.6 Å². The number of benzene rings is 1. The maximum absolute atomic E-state index is 6.15. The third-order valence-electron chi connectivity index (χ3n) is 3.80. The van der Waals surface area contributed by atoms with E-state index in [1.165, 1.54) is 22.1 Å². The quantitative estimate of drug-likeness (QED) is 0.831. The fourth-order valence-corrected chi connectivity index (χ4v) is 2.32. The molecule has 1 atom stereocenters. The molecule has 0 spiro atoms. The van der Waals surface area contributed by atoms with E-state index in [0.717, 1.165) is 11.2 Å². The number of aromatic nitrogens is 1. The third-order valence-corrected chi connectivity index (χ3v) is 3.80. The van der Waals surface area contributed by atoms with Gasteiger partial charge in [-0.2, -0.15) is 0 Å². The molecule has 0 aliphatic rings. The van der Waals surface area contributed by atoms with Crippen LogP contribution in [0.5, 0.6) is 0 Å². The summed E-state index contributed by atoms with van der Waals surface area (Å²) in [5.41, 5.74) is 12.1. The average Bonchev–Trinajstić information content (AvgIpc) is 2.31. The molecule has 0 amide bonds. The van der Waals surface area contributed by atoms with Gasteiger partial charge in [-0.3, -0.25) is 4.98 Å². The Labute approximate surface area is 116 Å². The van der Waals surface area contributed by atoms with Crippen LogP contribution in [0.25, 0.3) is 10.9 Å². The second kappa shape index (κ2) is 4.61. The normalized spacial score (nSPS) is 13.8. The van der Waals surface area contributed by atoms with Gasteiger partial charge in [-0.05, 0) is 43.5 Å². The van der Waals surface area contributed by atoms with Gasteiger partial charge < -0.3 is 5.73 Å². The van der Waals surface area contributed by atoms with E-state index in [-0.39, 0.29) is 11.5 Å². The third kappa shape index (κ3) is 2.50. The summed E-state index contributed by atoms with van der Waals surface area (Å²) in [7, 11) is 0. The summed E-state index contributed by atoms with van der Waals surface area (Å²) in [5, 5.41) is 1.19. The van der Waals surface area contributed by atoms with Crippen molar-refractivity contribution in [3.8, 4) is 0 Å². The van der Waals surface area contributed by atoms with E-state index in [1.54, 1.807) is 0 Å². The van der Waals surface area contributed by atoms with Gasteiger partial charge >= 0.3 is 0 Å². The van der Waals surface area contributed by atoms with Crippen LogP contribution in [0.2, 0.25) is 0 Å². The van der Waals surface area contributed by atoms with Crippen molar-refractivity contribution in [1.29, 1.82) is 0 Å². The first-order chi connectivity index (χ1) is 8.71. The number of pyridine rings is 1. The van der Waals surface area contributed by atoms with Gasteiger partial charge in [0.25, 0.3) is 0 Å². The number of rotatable bonds is 1. The fourth-order valence-electron chi connectivity index (χ4n) is 2.32. The maximum Gasteiger partial charge on any atom is 0.0740 e. The number of aryl methyl sites for hydroxylation is 2. The predicted octanol–water partition coefficient (Wildman–Crippen LogP) is 4.17. The Kier molecular flexibility index (Phi) is 3.40. The second-order valence-electron chi connectivity index (χ2n) is 6.54. The maximum atomic E-state index is 6.15. The Bertz CT molecular complexity index is 619. The van der Waals surface area contributed by atoms with Gasteiger partial charge in [0.2, 0.25) is 0 Å². The molecule has 0 saturated heterocycles. The van der Waals surface area contributed by atoms with Crippen LogP contribution in [0.1, 0.15) is 56.1 Å². The molecule has 0 aliphatic heterocycles. The van der Waals surface area contributed by atoms with E-state index >= 15 is 0 Å². The molecule has 1 unspecified atom stereocenters. The number of nitrogens with two attached hydrogens (primary N) is 1. The van der Waals surface area contributed by atoms with Crippen molar-refractivity contribution in [3.63, 3.8) is 0 Å². The molecule has 2 N–H and O–H groups in total. The lowest BCUT2D eigenvalue weighted by Gasteiger charge is -2.22. The Hall–Kier alpha value is -1.41. The monoisotopic (exact) mass is 256 g/mol. The van der Waals surface area contributed by atoms with E-state index in [1.807, 2.05) is 6.92 Å². The van der Waals surface area contributed by atoms with E-state index in [2.05, 4.69) is 52.8 Å². The first-order valence-electron chi connectivity index (χ1n) is 6.88. The van der Waals surface area contributed by atoms with Crippen LogP contribution in [0.15, 0.2) is 18.2 Å². The summed E-state index contributed by atoms with van der Waals surface area (Å²) in [6, 6.07) is 6.49. The zero-order valence-electron chi connectivity index (χ0n) is 12.8. The SMILES string of the molecule is Cc1ccc2c(C(C)N)cc(C(C)(C)C)nc2c1C. The number of nitrogens with zero attached hydrogens (tertiary/aromatic N) is 1. The number of hydrogen-bond donors (Lipinski definition) is 1. The van der Waals surface area contributed by atoms with Crippen LogP contribution in [-0.2, 0) is 5.41 Å². The summed E-state index contributed by atoms with van der Waals surface area (Å²) < 4.78 is 0. The van der Waals surface area contributed by atoms with E-state index in [4.69, 9.17) is 10.7 Å². The molecule has 1 aromatic heterocycles. The van der Waals surface area contributed by atoms with Gasteiger partial charge in [-0.15, -0.1) is 0 Å². The smallest absolute Gasteiger partial charge is 0.0740 e. The van der Waals surface area contributed by atoms with Crippen LogP contribution in [0.3, 0.4) is 0 Å². The topological polar surface area (TPSA) is 38.9 Å². The standard InChI is InChI=1S/C17H24N2/c1-10-7-8-13-14(12(3)18)9-15(17(4,5)6)19-16(13)11(10)2/h7-9,12H,18H2,1-6H3. The summed E-state index contributed by atoms with van der Waals surface area (Å²) >= 11 is 0. The molecule has 102 valence electrons. The van der Waals surface area contributed by atoms with Crippen LogP contribution >= 0.6 is 0 Å². The molecule has 1 aromatic carbocycles. The van der Waals surface area contributed by atoms with Gasteiger partial charge in [0.05, 0.1) is 5.52 Å². The van der Waals surface area contributed by atoms with Gasteiger partial charge in [0, 0.05) is 22.5 Å². The average molecular weight is 256 g/mol. The predicted molar refractivity (Wildman–Crippen MR) is 82.5 cm³/mol. The van der Waals surface area contributed by atoms with Crippen LogP contribution < -0.4 is 5.73 Å². The highest BCUT2D eigenvalue weighted by Crippen LogP contribution is 2.31. The second-order valence-corrected chi connectivity index (χ2v) is 6.54. The van der Waals surface area contributed by atoms with Gasteiger partial charge in [-0.25, -0.2) is 0 Å². The minimum atomic E-state index is 0.0220. The molecule has 2 nitrogen and oxygen atoms in total. The van der Waals surface area contributed by atoms with Gasteiger partial charge in [0.1, 0.15) is 0 Å². The molecule has 19 heavy (non-hydrogen) atoms. The molecule has 0 radical (unpaired) electrons.